The highest BCUT2D eigenvalue weighted by atomic mass is 28.3. The van der Waals surface area contributed by atoms with Crippen LogP contribution in [0.1, 0.15) is 32.0 Å². The number of rotatable bonds is 6. The van der Waals surface area contributed by atoms with Gasteiger partial charge in [0.05, 0.1) is 6.54 Å². The molecule has 0 saturated heterocycles. The molecule has 7 nitrogen and oxygen atoms in total. The van der Waals surface area contributed by atoms with Gasteiger partial charge in [-0.3, -0.25) is 0 Å². The lowest BCUT2D eigenvalue weighted by atomic mass is 9.78. The lowest BCUT2D eigenvalue weighted by Crippen LogP contribution is -2.42. The van der Waals surface area contributed by atoms with E-state index in [9.17, 15) is 14.8 Å². The Morgan fingerprint density at radius 2 is 1.96 bits per heavy atom. The van der Waals surface area contributed by atoms with E-state index >= 15 is 0 Å². The highest BCUT2D eigenvalue weighted by Crippen LogP contribution is 2.22. The molecule has 0 saturated carbocycles. The van der Waals surface area contributed by atoms with Gasteiger partial charge in [-0.05, 0) is 32.4 Å². The van der Waals surface area contributed by atoms with Crippen LogP contribution in [0.3, 0.4) is 0 Å². The number of hydrogen-bond donors (Lipinski definition) is 2. The van der Waals surface area contributed by atoms with Crippen molar-refractivity contribution in [2.75, 3.05) is 13.2 Å². The molecule has 0 aromatic carbocycles. The van der Waals surface area contributed by atoms with Crippen LogP contribution in [0.15, 0.2) is 6.20 Å². The van der Waals surface area contributed by atoms with E-state index in [4.69, 9.17) is 9.47 Å². The van der Waals surface area contributed by atoms with Crippen molar-refractivity contribution >= 4 is 26.7 Å². The van der Waals surface area contributed by atoms with E-state index in [0.717, 1.165) is 17.3 Å². The molecule has 1 aliphatic heterocycles. The Morgan fingerprint density at radius 3 is 2.52 bits per heavy atom. The van der Waals surface area contributed by atoms with Crippen molar-refractivity contribution in [2.45, 2.75) is 71.8 Å². The van der Waals surface area contributed by atoms with E-state index in [-0.39, 0.29) is 6.09 Å². The summed E-state index contributed by atoms with van der Waals surface area (Å²) in [6.07, 6.45) is 1.96. The van der Waals surface area contributed by atoms with Gasteiger partial charge < -0.3 is 29.0 Å². The molecule has 0 aliphatic carbocycles. The Balaban J connectivity index is 2.10. The molecule has 0 bridgehead atoms. The minimum absolute atomic E-state index is 0.305. The summed E-state index contributed by atoms with van der Waals surface area (Å²) in [5, 5.41) is 19.5. The van der Waals surface area contributed by atoms with Gasteiger partial charge in [-0.1, -0.05) is 19.6 Å². The number of aromatic nitrogens is 1. The predicted octanol–water partition coefficient (Wildman–Crippen LogP) is 1.77. The number of carbonyl (C=O) groups is 1. The fourth-order valence-corrected chi connectivity index (χ4v) is 3.77. The van der Waals surface area contributed by atoms with Crippen molar-refractivity contribution in [3.63, 3.8) is 0 Å². The lowest BCUT2D eigenvalue weighted by molar-refractivity contribution is 0.0219. The van der Waals surface area contributed by atoms with E-state index in [1.807, 2.05) is 25.3 Å². The second-order valence-electron chi connectivity index (χ2n) is 9.35. The molecule has 2 N–H and O–H groups in total. The van der Waals surface area contributed by atoms with Crippen LogP contribution >= 0.6 is 0 Å². The largest absolute Gasteiger partial charge is 0.490 e. The van der Waals surface area contributed by atoms with Gasteiger partial charge in [-0.2, -0.15) is 0 Å². The molecule has 1 aliphatic rings. The van der Waals surface area contributed by atoms with Gasteiger partial charge >= 0.3 is 13.2 Å². The highest BCUT2D eigenvalue weighted by Gasteiger charge is 2.32. The van der Waals surface area contributed by atoms with Crippen molar-refractivity contribution in [2.24, 2.45) is 0 Å². The SMILES string of the molecule is CC(C)(C)OC(=O)N1CCc2c(c(B(O)O)cn2COCC[Si](C)(C)C)C1. The van der Waals surface area contributed by atoms with Gasteiger partial charge in [0.25, 0.3) is 0 Å². The summed E-state index contributed by atoms with van der Waals surface area (Å²) >= 11 is 0. The smallest absolute Gasteiger partial charge is 0.444 e. The molecule has 152 valence electrons. The van der Waals surface area contributed by atoms with Crippen LogP contribution in [0.5, 0.6) is 0 Å². The van der Waals surface area contributed by atoms with Crippen molar-refractivity contribution < 1.29 is 24.3 Å². The minimum atomic E-state index is -1.58. The topological polar surface area (TPSA) is 84.2 Å². The molecule has 0 spiro atoms. The van der Waals surface area contributed by atoms with Gasteiger partial charge in [0.1, 0.15) is 12.3 Å². The highest BCUT2D eigenvalue weighted by molar-refractivity contribution is 6.76. The number of hydrogen-bond acceptors (Lipinski definition) is 5. The number of amides is 1. The van der Waals surface area contributed by atoms with E-state index < -0.39 is 20.8 Å². The van der Waals surface area contributed by atoms with Gasteiger partial charge in [0.15, 0.2) is 0 Å². The second kappa shape index (κ2) is 8.38. The van der Waals surface area contributed by atoms with E-state index in [2.05, 4.69) is 19.6 Å². The fraction of sp³-hybridized carbons (Fsp3) is 0.722. The summed E-state index contributed by atoms with van der Waals surface area (Å²) in [6.45, 7) is 14.3. The first-order valence-electron chi connectivity index (χ1n) is 9.50. The maximum atomic E-state index is 12.4. The van der Waals surface area contributed by atoms with Crippen molar-refractivity contribution in [1.82, 2.24) is 9.47 Å². The summed E-state index contributed by atoms with van der Waals surface area (Å²) < 4.78 is 13.2. The Hall–Kier alpha value is -1.29. The van der Waals surface area contributed by atoms with Crippen LogP contribution in [-0.2, 0) is 29.2 Å². The van der Waals surface area contributed by atoms with Crippen molar-refractivity contribution in [3.8, 4) is 0 Å². The third kappa shape index (κ3) is 6.38. The molecule has 0 fully saturated rings. The molecule has 27 heavy (non-hydrogen) atoms. The van der Waals surface area contributed by atoms with Crippen LogP contribution < -0.4 is 5.46 Å². The van der Waals surface area contributed by atoms with Crippen LogP contribution in [-0.4, -0.2) is 59.6 Å². The molecule has 2 rings (SSSR count). The molecule has 0 atom stereocenters. The van der Waals surface area contributed by atoms with E-state index in [1.54, 1.807) is 11.1 Å². The third-order valence-corrected chi connectivity index (χ3v) is 6.17. The third-order valence-electron chi connectivity index (χ3n) is 4.46. The van der Waals surface area contributed by atoms with Crippen LogP contribution in [0.25, 0.3) is 0 Å². The molecule has 0 radical (unpaired) electrons. The quantitative estimate of drug-likeness (QED) is 0.566. The van der Waals surface area contributed by atoms with E-state index in [0.29, 0.717) is 38.3 Å². The molecule has 1 aromatic rings. The lowest BCUT2D eigenvalue weighted by Gasteiger charge is -2.31. The average molecular weight is 396 g/mol. The second-order valence-corrected chi connectivity index (χ2v) is 15.0. The zero-order valence-electron chi connectivity index (χ0n) is 17.4. The number of fused-ring (bicyclic) bond motifs is 1. The van der Waals surface area contributed by atoms with Gasteiger partial charge in [0.2, 0.25) is 0 Å². The number of nitrogens with zero attached hydrogens (tertiary/aromatic N) is 2. The summed E-state index contributed by atoms with van der Waals surface area (Å²) in [5.74, 6) is 0. The van der Waals surface area contributed by atoms with Gasteiger partial charge in [-0.25, -0.2) is 4.79 Å². The first-order valence-corrected chi connectivity index (χ1v) is 13.2. The summed E-state index contributed by atoms with van der Waals surface area (Å²) in [4.78, 5) is 14.0. The van der Waals surface area contributed by atoms with E-state index in [1.165, 1.54) is 0 Å². The first kappa shape index (κ1) is 22.0. The Labute approximate surface area is 163 Å². The minimum Gasteiger partial charge on any atom is -0.444 e. The van der Waals surface area contributed by atoms with Gasteiger partial charge in [0, 0.05) is 45.0 Å². The predicted molar refractivity (Wildman–Crippen MR) is 109 cm³/mol. The Bertz CT molecular complexity index is 664. The average Bonchev–Trinajstić information content (AvgIpc) is 2.87. The fourth-order valence-electron chi connectivity index (χ4n) is 3.01. The summed E-state index contributed by atoms with van der Waals surface area (Å²) in [5.41, 5.74) is 1.63. The Kier molecular flexibility index (Phi) is 6.83. The molecular formula is C18H33BN2O5Si. The van der Waals surface area contributed by atoms with Crippen LogP contribution in [0.2, 0.25) is 25.7 Å². The van der Waals surface area contributed by atoms with Crippen LogP contribution in [0.4, 0.5) is 4.79 Å². The molecule has 0 unspecified atom stereocenters. The Morgan fingerprint density at radius 1 is 1.30 bits per heavy atom. The molecule has 2 heterocycles. The van der Waals surface area contributed by atoms with Crippen LogP contribution in [0, 0.1) is 0 Å². The zero-order chi connectivity index (χ0) is 20.4. The monoisotopic (exact) mass is 396 g/mol. The number of carbonyl (C=O) groups excluding carboxylic acids is 1. The maximum Gasteiger partial charge on any atom is 0.490 e. The molecular weight excluding hydrogens is 363 g/mol. The van der Waals surface area contributed by atoms with Gasteiger partial charge in [-0.15, -0.1) is 0 Å². The van der Waals surface area contributed by atoms with Crippen molar-refractivity contribution in [1.29, 1.82) is 0 Å². The summed E-state index contributed by atoms with van der Waals surface area (Å²) in [7, 11) is -2.73. The summed E-state index contributed by atoms with van der Waals surface area (Å²) in [6, 6.07) is 1.08. The number of ether oxygens (including phenoxy) is 2. The van der Waals surface area contributed by atoms with Crippen molar-refractivity contribution in [3.05, 3.63) is 17.5 Å². The molecule has 1 amide bonds. The molecule has 1 aromatic heterocycles. The first-order chi connectivity index (χ1) is 12.4. The zero-order valence-corrected chi connectivity index (χ0v) is 18.4. The normalized spacial score (nSPS) is 14.9. The maximum absolute atomic E-state index is 12.4. The standard InChI is InChI=1S/C18H33BN2O5Si/c1-18(2,3)26-17(22)20-8-7-16-14(11-20)15(19(23)24)12-21(16)13-25-9-10-27(4,5)6/h12,23-24H,7-11,13H2,1-6H3. The molecule has 9 heteroatoms.